The van der Waals surface area contributed by atoms with E-state index in [-0.39, 0.29) is 0 Å². The van der Waals surface area contributed by atoms with E-state index in [1.54, 1.807) is 0 Å². The van der Waals surface area contributed by atoms with Gasteiger partial charge >= 0.3 is 0 Å². The van der Waals surface area contributed by atoms with Gasteiger partial charge in [0.05, 0.1) is 18.2 Å². The fourth-order valence-electron chi connectivity index (χ4n) is 2.81. The minimum Gasteiger partial charge on any atom is -0.389 e. The summed E-state index contributed by atoms with van der Waals surface area (Å²) in [5, 5.41) is 3.53. The summed E-state index contributed by atoms with van der Waals surface area (Å²) in [4.78, 5) is 0.442. The van der Waals surface area contributed by atoms with Crippen LogP contribution in [0.2, 0.25) is 0 Å². The fraction of sp³-hybridized carbons (Fsp3) is 0.462. The van der Waals surface area contributed by atoms with Gasteiger partial charge in [-0.15, -0.1) is 0 Å². The van der Waals surface area contributed by atoms with Crippen LogP contribution >= 0.6 is 12.2 Å². The van der Waals surface area contributed by atoms with E-state index in [2.05, 4.69) is 5.32 Å². The van der Waals surface area contributed by atoms with Crippen LogP contribution in [0.5, 0.6) is 0 Å². The molecule has 0 spiro atoms. The summed E-state index contributed by atoms with van der Waals surface area (Å²) in [6.07, 6.45) is 4.28. The quantitative estimate of drug-likeness (QED) is 0.804. The van der Waals surface area contributed by atoms with Crippen molar-refractivity contribution in [1.82, 2.24) is 0 Å². The van der Waals surface area contributed by atoms with E-state index in [1.165, 1.54) is 6.42 Å². The molecule has 1 aromatic carbocycles. The first-order chi connectivity index (χ1) is 8.24. The highest BCUT2D eigenvalue weighted by atomic mass is 32.1. The molecule has 2 heterocycles. The molecule has 2 saturated heterocycles. The van der Waals surface area contributed by atoms with Crippen molar-refractivity contribution in [2.75, 3.05) is 5.32 Å². The number of hydrogen-bond donors (Lipinski definition) is 2. The van der Waals surface area contributed by atoms with E-state index in [0.717, 1.165) is 24.1 Å². The maximum Gasteiger partial charge on any atom is 0.106 e. The van der Waals surface area contributed by atoms with Crippen molar-refractivity contribution in [3.05, 3.63) is 29.8 Å². The zero-order chi connectivity index (χ0) is 11.8. The highest BCUT2D eigenvalue weighted by molar-refractivity contribution is 7.80. The van der Waals surface area contributed by atoms with Crippen LogP contribution in [0, 0.1) is 0 Å². The number of rotatable bonds is 3. The Bertz CT molecular complexity index is 449. The first kappa shape index (κ1) is 11.0. The van der Waals surface area contributed by atoms with Gasteiger partial charge in [-0.2, -0.15) is 0 Å². The molecule has 3 atom stereocenters. The number of benzene rings is 1. The zero-order valence-corrected chi connectivity index (χ0v) is 10.4. The molecule has 1 aromatic rings. The van der Waals surface area contributed by atoms with Gasteiger partial charge < -0.3 is 15.8 Å². The molecule has 0 aromatic heterocycles. The van der Waals surface area contributed by atoms with Crippen LogP contribution in [0.3, 0.4) is 0 Å². The maximum absolute atomic E-state index is 5.83. The number of nitrogens with one attached hydrogen (secondary N) is 1. The van der Waals surface area contributed by atoms with Crippen molar-refractivity contribution in [2.45, 2.75) is 37.5 Å². The van der Waals surface area contributed by atoms with Gasteiger partial charge in [-0.3, -0.25) is 0 Å². The lowest BCUT2D eigenvalue weighted by Crippen LogP contribution is -2.31. The number of nitrogens with two attached hydrogens (primary N) is 1. The molecule has 0 saturated carbocycles. The lowest BCUT2D eigenvalue weighted by molar-refractivity contribution is 0.102. The van der Waals surface area contributed by atoms with Gasteiger partial charge in [0.25, 0.3) is 0 Å². The van der Waals surface area contributed by atoms with Crippen LogP contribution < -0.4 is 11.1 Å². The summed E-state index contributed by atoms with van der Waals surface area (Å²) in [6.45, 7) is 0. The van der Waals surface area contributed by atoms with Crippen molar-refractivity contribution in [3.63, 3.8) is 0 Å². The van der Waals surface area contributed by atoms with E-state index in [0.29, 0.717) is 23.2 Å². The van der Waals surface area contributed by atoms with Crippen molar-refractivity contribution < 1.29 is 4.74 Å². The molecule has 17 heavy (non-hydrogen) atoms. The molecule has 90 valence electrons. The Kier molecular flexibility index (Phi) is 2.76. The van der Waals surface area contributed by atoms with E-state index >= 15 is 0 Å². The lowest BCUT2D eigenvalue weighted by Gasteiger charge is -2.22. The van der Waals surface area contributed by atoms with Gasteiger partial charge in [0.15, 0.2) is 0 Å². The number of para-hydroxylation sites is 1. The molecule has 3 unspecified atom stereocenters. The van der Waals surface area contributed by atoms with Gasteiger partial charge in [-0.25, -0.2) is 0 Å². The van der Waals surface area contributed by atoms with Gasteiger partial charge in [0.2, 0.25) is 0 Å². The van der Waals surface area contributed by atoms with Gasteiger partial charge in [-0.1, -0.05) is 24.4 Å². The van der Waals surface area contributed by atoms with Crippen LogP contribution in [-0.4, -0.2) is 23.2 Å². The standard InChI is InChI=1S/C13H16N2OS/c14-13(17)9-3-1-2-4-10(9)15-11-7-8-5-6-12(11)16-8/h1-4,8,11-12,15H,5-7H2,(H2,14,17). The highest BCUT2D eigenvalue weighted by Crippen LogP contribution is 2.36. The molecule has 2 aliphatic rings. The largest absolute Gasteiger partial charge is 0.389 e. The lowest BCUT2D eigenvalue weighted by atomic mass is 9.95. The SMILES string of the molecule is NC(=S)c1ccccc1NC1CC2CCC1O2. The number of anilines is 1. The molecular weight excluding hydrogens is 232 g/mol. The third-order valence-corrected chi connectivity index (χ3v) is 3.86. The molecule has 0 aliphatic carbocycles. The summed E-state index contributed by atoms with van der Waals surface area (Å²) < 4.78 is 5.83. The average Bonchev–Trinajstić information content (AvgIpc) is 2.91. The van der Waals surface area contributed by atoms with Crippen molar-refractivity contribution in [2.24, 2.45) is 5.73 Å². The van der Waals surface area contributed by atoms with Gasteiger partial charge in [-0.05, 0) is 31.4 Å². The second-order valence-corrected chi connectivity index (χ2v) is 5.21. The van der Waals surface area contributed by atoms with Crippen molar-refractivity contribution in [3.8, 4) is 0 Å². The first-order valence-electron chi connectivity index (χ1n) is 6.05. The Morgan fingerprint density at radius 3 is 2.82 bits per heavy atom. The summed E-state index contributed by atoms with van der Waals surface area (Å²) in [6, 6.07) is 8.35. The second-order valence-electron chi connectivity index (χ2n) is 4.77. The summed E-state index contributed by atoms with van der Waals surface area (Å²) in [5.41, 5.74) is 7.68. The first-order valence-corrected chi connectivity index (χ1v) is 6.45. The number of fused-ring (bicyclic) bond motifs is 2. The minimum atomic E-state index is 0.361. The fourth-order valence-corrected chi connectivity index (χ4v) is 2.99. The monoisotopic (exact) mass is 248 g/mol. The van der Waals surface area contributed by atoms with Gasteiger partial charge in [0.1, 0.15) is 4.99 Å². The van der Waals surface area contributed by atoms with Crippen molar-refractivity contribution >= 4 is 22.9 Å². The van der Waals surface area contributed by atoms with Crippen molar-refractivity contribution in [1.29, 1.82) is 0 Å². The van der Waals surface area contributed by atoms with Crippen LogP contribution in [0.1, 0.15) is 24.8 Å². The van der Waals surface area contributed by atoms with Crippen LogP contribution in [0.15, 0.2) is 24.3 Å². The summed E-state index contributed by atoms with van der Waals surface area (Å²) in [5.74, 6) is 0. The molecule has 2 aliphatic heterocycles. The predicted octanol–water partition coefficient (Wildman–Crippen LogP) is 2.05. The molecule has 2 bridgehead atoms. The Morgan fingerprint density at radius 2 is 2.18 bits per heavy atom. The second kappa shape index (κ2) is 4.27. The summed E-state index contributed by atoms with van der Waals surface area (Å²) >= 11 is 5.06. The predicted molar refractivity (Wildman–Crippen MR) is 72.3 cm³/mol. The third kappa shape index (κ3) is 2.03. The molecule has 0 radical (unpaired) electrons. The topological polar surface area (TPSA) is 47.3 Å². The Labute approximate surface area is 106 Å². The number of hydrogen-bond acceptors (Lipinski definition) is 3. The molecule has 3 rings (SSSR count). The molecule has 4 heteroatoms. The molecule has 2 fully saturated rings. The third-order valence-electron chi connectivity index (χ3n) is 3.64. The highest BCUT2D eigenvalue weighted by Gasteiger charge is 2.40. The van der Waals surface area contributed by atoms with E-state index in [1.807, 2.05) is 24.3 Å². The normalized spacial score (nSPS) is 30.5. The smallest absolute Gasteiger partial charge is 0.106 e. The Morgan fingerprint density at radius 1 is 1.35 bits per heavy atom. The van der Waals surface area contributed by atoms with Crippen LogP contribution in [-0.2, 0) is 4.74 Å². The van der Waals surface area contributed by atoms with Crippen LogP contribution in [0.4, 0.5) is 5.69 Å². The minimum absolute atomic E-state index is 0.361. The Hall–Kier alpha value is -1.13. The molecular formula is C13H16N2OS. The van der Waals surface area contributed by atoms with E-state index < -0.39 is 0 Å². The number of ether oxygens (including phenoxy) is 1. The number of thiocarbonyl (C=S) groups is 1. The molecule has 3 N–H and O–H groups in total. The summed E-state index contributed by atoms with van der Waals surface area (Å²) in [7, 11) is 0. The van der Waals surface area contributed by atoms with E-state index in [4.69, 9.17) is 22.7 Å². The van der Waals surface area contributed by atoms with Gasteiger partial charge in [0, 0.05) is 11.3 Å². The van der Waals surface area contributed by atoms with Crippen LogP contribution in [0.25, 0.3) is 0 Å². The maximum atomic E-state index is 5.83. The molecule has 0 amide bonds. The molecule has 3 nitrogen and oxygen atoms in total. The van der Waals surface area contributed by atoms with E-state index in [9.17, 15) is 0 Å². The Balaban J connectivity index is 1.79. The average molecular weight is 248 g/mol. The zero-order valence-electron chi connectivity index (χ0n) is 9.56.